The van der Waals surface area contributed by atoms with Crippen molar-refractivity contribution in [3.63, 3.8) is 0 Å². The molecule has 0 bridgehead atoms. The zero-order valence-electron chi connectivity index (χ0n) is 31.3. The Hall–Kier alpha value is -5.58. The van der Waals surface area contributed by atoms with E-state index in [-0.39, 0.29) is 41.6 Å². The Balaban J connectivity index is 0.781. The number of hydrogen-bond acceptors (Lipinski definition) is 11. The van der Waals surface area contributed by atoms with Crippen molar-refractivity contribution in [2.75, 3.05) is 80.6 Å². The maximum absolute atomic E-state index is 14.1. The maximum atomic E-state index is 14.1. The second-order valence-electron chi connectivity index (χ2n) is 16.4. The fraction of sp³-hybridized carbons (Fsp3) is 0.487. The fourth-order valence-electron chi connectivity index (χ4n) is 9.29. The first-order valence-electron chi connectivity index (χ1n) is 19.2. The number of nitrogens with zero attached hydrogens (tertiary/aromatic N) is 8. The molecule has 294 valence electrons. The van der Waals surface area contributed by atoms with E-state index in [0.29, 0.717) is 74.7 Å². The average molecular weight is 771 g/mol. The third kappa shape index (κ3) is 6.30. The molecule has 6 aliphatic heterocycles. The number of rotatable bonds is 5. The van der Waals surface area contributed by atoms with Crippen LogP contribution in [0.1, 0.15) is 42.6 Å². The predicted octanol–water partition coefficient (Wildman–Crippen LogP) is 2.46. The van der Waals surface area contributed by atoms with Crippen LogP contribution >= 0.6 is 0 Å². The molecular formula is C39H44F2N10O5. The Morgan fingerprint density at radius 2 is 1.79 bits per heavy atom. The van der Waals surface area contributed by atoms with Gasteiger partial charge in [0.2, 0.25) is 11.8 Å². The molecule has 3 aromatic rings. The summed E-state index contributed by atoms with van der Waals surface area (Å²) in [6.45, 7) is 11.4. The summed E-state index contributed by atoms with van der Waals surface area (Å²) in [4.78, 5) is 63.8. The zero-order chi connectivity index (χ0) is 39.0. The first-order chi connectivity index (χ1) is 26.8. The SMILES string of the molecule is CC1(C)CN(CC2CN(c3ccc4c(c3)C(=O)N(C3CCC(=O)NC3=O)C4)C2)CCN1C(=O)N1CCN2c3cc(-c4cc(F)cc(F)c4O)nnc3NC[C@H]2C1. The minimum Gasteiger partial charge on any atom is -0.504 e. The van der Waals surface area contributed by atoms with Crippen molar-refractivity contribution in [3.8, 4) is 17.0 Å². The molecule has 4 fully saturated rings. The van der Waals surface area contributed by atoms with Gasteiger partial charge in [0.1, 0.15) is 11.9 Å². The van der Waals surface area contributed by atoms with Gasteiger partial charge in [-0.3, -0.25) is 24.6 Å². The van der Waals surface area contributed by atoms with Crippen LogP contribution in [0.3, 0.4) is 0 Å². The van der Waals surface area contributed by atoms with Crippen molar-refractivity contribution in [2.45, 2.75) is 50.9 Å². The van der Waals surface area contributed by atoms with Crippen LogP contribution < -0.4 is 20.4 Å². The summed E-state index contributed by atoms with van der Waals surface area (Å²) in [6, 6.07) is 8.57. The quantitative estimate of drug-likeness (QED) is 0.328. The van der Waals surface area contributed by atoms with E-state index in [9.17, 15) is 33.1 Å². The molecule has 1 unspecified atom stereocenters. The lowest BCUT2D eigenvalue weighted by Crippen LogP contribution is -2.67. The Bertz CT molecular complexity index is 2150. The highest BCUT2D eigenvalue weighted by atomic mass is 19.1. The number of carbonyl (C=O) groups excluding carboxylic acids is 4. The van der Waals surface area contributed by atoms with Crippen LogP contribution in [0.25, 0.3) is 11.3 Å². The molecule has 56 heavy (non-hydrogen) atoms. The molecule has 0 aliphatic carbocycles. The van der Waals surface area contributed by atoms with Gasteiger partial charge in [0.25, 0.3) is 5.91 Å². The molecule has 0 spiro atoms. The third-order valence-corrected chi connectivity index (χ3v) is 12.2. The lowest BCUT2D eigenvalue weighted by molar-refractivity contribution is -0.136. The Kier molecular flexibility index (Phi) is 8.74. The van der Waals surface area contributed by atoms with Gasteiger partial charge < -0.3 is 34.9 Å². The normalized spacial score (nSPS) is 23.6. The number of fused-ring (bicyclic) bond motifs is 4. The van der Waals surface area contributed by atoms with E-state index in [0.717, 1.165) is 50.0 Å². The topological polar surface area (TPSA) is 158 Å². The number of urea groups is 1. The molecule has 17 heteroatoms. The number of aromatic hydroxyl groups is 1. The Morgan fingerprint density at radius 1 is 0.964 bits per heavy atom. The van der Waals surface area contributed by atoms with E-state index in [1.807, 2.05) is 28.0 Å². The van der Waals surface area contributed by atoms with Crippen molar-refractivity contribution in [1.82, 2.24) is 35.1 Å². The largest absolute Gasteiger partial charge is 0.504 e. The van der Waals surface area contributed by atoms with Gasteiger partial charge in [0.15, 0.2) is 17.4 Å². The van der Waals surface area contributed by atoms with Crippen molar-refractivity contribution < 1.29 is 33.1 Å². The van der Waals surface area contributed by atoms with Crippen LogP contribution in [0.5, 0.6) is 5.75 Å². The van der Waals surface area contributed by atoms with Crippen LogP contribution in [-0.2, 0) is 16.1 Å². The van der Waals surface area contributed by atoms with E-state index in [2.05, 4.69) is 49.4 Å². The second-order valence-corrected chi connectivity index (χ2v) is 16.4. The molecule has 4 saturated heterocycles. The number of carbonyl (C=O) groups is 4. The van der Waals surface area contributed by atoms with Crippen LogP contribution in [0.2, 0.25) is 0 Å². The molecule has 9 rings (SSSR count). The third-order valence-electron chi connectivity index (χ3n) is 12.2. The summed E-state index contributed by atoms with van der Waals surface area (Å²) in [7, 11) is 0. The monoisotopic (exact) mass is 770 g/mol. The summed E-state index contributed by atoms with van der Waals surface area (Å²) in [6.07, 6.45) is 0.567. The summed E-state index contributed by atoms with van der Waals surface area (Å²) in [5.74, 6) is -2.49. The van der Waals surface area contributed by atoms with Gasteiger partial charge in [-0.2, -0.15) is 0 Å². The number of amides is 5. The van der Waals surface area contributed by atoms with Gasteiger partial charge in [-0.05, 0) is 50.1 Å². The van der Waals surface area contributed by atoms with E-state index in [1.165, 1.54) is 0 Å². The minimum atomic E-state index is -1.07. The summed E-state index contributed by atoms with van der Waals surface area (Å²) >= 11 is 0. The maximum Gasteiger partial charge on any atom is 0.320 e. The number of nitrogens with one attached hydrogen (secondary N) is 2. The summed E-state index contributed by atoms with van der Waals surface area (Å²) in [5, 5.41) is 24.3. The molecule has 3 N–H and O–H groups in total. The van der Waals surface area contributed by atoms with E-state index >= 15 is 0 Å². The molecule has 0 radical (unpaired) electrons. The number of phenolic OH excluding ortho intramolecular Hbond substituents is 1. The lowest BCUT2D eigenvalue weighted by Gasteiger charge is -2.52. The molecule has 6 aliphatic rings. The summed E-state index contributed by atoms with van der Waals surface area (Å²) < 4.78 is 28.1. The van der Waals surface area contributed by atoms with Gasteiger partial charge in [-0.25, -0.2) is 13.6 Å². The number of benzene rings is 2. The number of halogens is 2. The highest BCUT2D eigenvalue weighted by molar-refractivity contribution is 6.05. The molecule has 7 heterocycles. The minimum absolute atomic E-state index is 0.00550. The van der Waals surface area contributed by atoms with Gasteiger partial charge >= 0.3 is 6.03 Å². The van der Waals surface area contributed by atoms with Gasteiger partial charge in [0, 0.05) is 107 Å². The van der Waals surface area contributed by atoms with Crippen molar-refractivity contribution in [2.24, 2.45) is 5.92 Å². The number of aromatic nitrogens is 2. The summed E-state index contributed by atoms with van der Waals surface area (Å²) in [5.41, 5.74) is 2.87. The molecular weight excluding hydrogens is 726 g/mol. The van der Waals surface area contributed by atoms with Crippen molar-refractivity contribution in [3.05, 3.63) is 59.2 Å². The zero-order valence-corrected chi connectivity index (χ0v) is 31.3. The molecule has 5 amide bonds. The van der Waals surface area contributed by atoms with E-state index in [4.69, 9.17) is 0 Å². The first kappa shape index (κ1) is 36.1. The molecule has 1 aromatic heterocycles. The Morgan fingerprint density at radius 3 is 2.57 bits per heavy atom. The number of imide groups is 1. The van der Waals surface area contributed by atoms with Gasteiger partial charge in [-0.15, -0.1) is 10.2 Å². The highest BCUT2D eigenvalue weighted by Crippen LogP contribution is 2.38. The van der Waals surface area contributed by atoms with Crippen molar-refractivity contribution in [1.29, 1.82) is 0 Å². The molecule has 0 saturated carbocycles. The number of anilines is 3. The molecule has 15 nitrogen and oxygen atoms in total. The van der Waals surface area contributed by atoms with Crippen molar-refractivity contribution >= 4 is 40.9 Å². The number of hydrogen-bond donors (Lipinski definition) is 3. The lowest BCUT2D eigenvalue weighted by atomic mass is 9.94. The fourth-order valence-corrected chi connectivity index (χ4v) is 9.29. The smallest absolute Gasteiger partial charge is 0.320 e. The Labute approximate surface area is 322 Å². The number of phenols is 1. The van der Waals surface area contributed by atoms with Gasteiger partial charge in [0.05, 0.1) is 23.0 Å². The van der Waals surface area contributed by atoms with Crippen LogP contribution in [0, 0.1) is 17.6 Å². The van der Waals surface area contributed by atoms with Crippen LogP contribution in [0.4, 0.5) is 30.8 Å². The van der Waals surface area contributed by atoms with Gasteiger partial charge in [-0.1, -0.05) is 6.07 Å². The molecule has 2 aromatic carbocycles. The first-order valence-corrected chi connectivity index (χ1v) is 19.2. The van der Waals surface area contributed by atoms with E-state index < -0.39 is 34.9 Å². The van der Waals surface area contributed by atoms with E-state index in [1.54, 1.807) is 11.0 Å². The average Bonchev–Trinajstić information content (AvgIpc) is 3.48. The number of piperazine rings is 2. The standard InChI is InChI=1S/C39H44F2N10O5/c1-39(2)21-46(16-22-17-48(18-22)25-4-3-23-19-50(37(55)27(23)13-25)31-5-6-33(52)43-36(31)54)7-10-51(39)38(56)47-8-9-49-26(20-47)15-42-35-32(49)14-30(44-45-35)28-11-24(40)12-29(41)34(28)53/h3-4,11-14,22,26,31,53H,5-10,15-21H2,1-2H3,(H,42,45)(H,43,52,54)/t26-,31?/m0/s1. The highest BCUT2D eigenvalue weighted by Gasteiger charge is 2.44. The number of piperidine rings is 1. The second kappa shape index (κ2) is 13.6. The van der Waals surface area contributed by atoms with Crippen LogP contribution in [0.15, 0.2) is 36.4 Å². The predicted molar refractivity (Wildman–Crippen MR) is 201 cm³/mol. The van der Waals surface area contributed by atoms with Crippen LogP contribution in [-0.4, -0.2) is 142 Å². The molecule has 2 atom stereocenters.